The van der Waals surface area contributed by atoms with Crippen molar-refractivity contribution >= 4 is 11.9 Å². The molecule has 0 aromatic heterocycles. The number of amides is 1. The van der Waals surface area contributed by atoms with E-state index in [1.807, 2.05) is 19.1 Å². The summed E-state index contributed by atoms with van der Waals surface area (Å²) in [7, 11) is 0. The monoisotopic (exact) mass is 294 g/mol. The maximum absolute atomic E-state index is 12.2. The standard InChI is InChI=1S/C14H22N4O3/c1-3-17(12-14(20)21-4-2)11-13(19)18(9-5-7-15)10-6-8-16/h3-6,9-12H2,1-2H3. The van der Waals surface area contributed by atoms with Gasteiger partial charge in [0, 0.05) is 13.1 Å². The van der Waals surface area contributed by atoms with Gasteiger partial charge in [0.2, 0.25) is 5.91 Å². The molecule has 21 heavy (non-hydrogen) atoms. The molecule has 7 nitrogen and oxygen atoms in total. The number of nitriles is 2. The third-order valence-electron chi connectivity index (χ3n) is 2.80. The molecular formula is C14H22N4O3. The Hall–Kier alpha value is -2.12. The normalized spacial score (nSPS) is 9.76. The van der Waals surface area contributed by atoms with Gasteiger partial charge in [-0.2, -0.15) is 10.5 Å². The van der Waals surface area contributed by atoms with Gasteiger partial charge in [-0.15, -0.1) is 0 Å². The molecule has 0 aliphatic heterocycles. The molecule has 0 unspecified atom stereocenters. The van der Waals surface area contributed by atoms with E-state index in [0.29, 0.717) is 26.2 Å². The molecule has 0 heterocycles. The molecule has 0 aliphatic carbocycles. The predicted octanol–water partition coefficient (Wildman–Crippen LogP) is 0.527. The van der Waals surface area contributed by atoms with Crippen molar-refractivity contribution in [1.82, 2.24) is 9.80 Å². The minimum Gasteiger partial charge on any atom is -0.465 e. The number of carbonyl (C=O) groups excluding carboxylic acids is 2. The Morgan fingerprint density at radius 2 is 1.62 bits per heavy atom. The van der Waals surface area contributed by atoms with Crippen LogP contribution in [0.25, 0.3) is 0 Å². The van der Waals surface area contributed by atoms with Gasteiger partial charge in [-0.3, -0.25) is 14.5 Å². The van der Waals surface area contributed by atoms with Gasteiger partial charge in [0.1, 0.15) is 0 Å². The average Bonchev–Trinajstić information content (AvgIpc) is 2.46. The highest BCUT2D eigenvalue weighted by Gasteiger charge is 2.18. The molecule has 7 heteroatoms. The van der Waals surface area contributed by atoms with Gasteiger partial charge in [-0.05, 0) is 13.5 Å². The van der Waals surface area contributed by atoms with Crippen molar-refractivity contribution in [3.8, 4) is 12.1 Å². The molecular weight excluding hydrogens is 272 g/mol. The molecule has 0 bridgehead atoms. The van der Waals surface area contributed by atoms with Crippen molar-refractivity contribution < 1.29 is 14.3 Å². The van der Waals surface area contributed by atoms with Gasteiger partial charge in [-0.25, -0.2) is 0 Å². The fraction of sp³-hybridized carbons (Fsp3) is 0.714. The number of rotatable bonds is 10. The Labute approximate surface area is 125 Å². The second kappa shape index (κ2) is 11.7. The molecule has 0 fully saturated rings. The summed E-state index contributed by atoms with van der Waals surface area (Å²) in [6, 6.07) is 3.96. The zero-order valence-corrected chi connectivity index (χ0v) is 12.7. The highest BCUT2D eigenvalue weighted by atomic mass is 16.5. The average molecular weight is 294 g/mol. The first-order valence-electron chi connectivity index (χ1n) is 6.98. The summed E-state index contributed by atoms with van der Waals surface area (Å²) in [4.78, 5) is 26.8. The van der Waals surface area contributed by atoms with E-state index in [9.17, 15) is 9.59 Å². The van der Waals surface area contributed by atoms with Gasteiger partial charge >= 0.3 is 5.97 Å². The maximum atomic E-state index is 12.2. The summed E-state index contributed by atoms with van der Waals surface area (Å²) in [6.45, 7) is 5.15. The van der Waals surface area contributed by atoms with Crippen LogP contribution in [0, 0.1) is 22.7 Å². The lowest BCUT2D eigenvalue weighted by molar-refractivity contribution is -0.145. The summed E-state index contributed by atoms with van der Waals surface area (Å²) in [5.74, 6) is -0.556. The minimum absolute atomic E-state index is 0.0560. The summed E-state index contributed by atoms with van der Waals surface area (Å²) in [5, 5.41) is 17.2. The Morgan fingerprint density at radius 1 is 1.05 bits per heavy atom. The topological polar surface area (TPSA) is 97.4 Å². The summed E-state index contributed by atoms with van der Waals surface area (Å²) >= 11 is 0. The molecule has 0 spiro atoms. The Balaban J connectivity index is 4.50. The first kappa shape index (κ1) is 18.9. The summed E-state index contributed by atoms with van der Waals surface area (Å²) in [5.41, 5.74) is 0. The lowest BCUT2D eigenvalue weighted by Gasteiger charge is -2.25. The Morgan fingerprint density at radius 3 is 2.05 bits per heavy atom. The number of esters is 1. The zero-order valence-electron chi connectivity index (χ0n) is 12.7. The highest BCUT2D eigenvalue weighted by molar-refractivity contribution is 5.79. The molecule has 0 N–H and O–H groups in total. The quantitative estimate of drug-likeness (QED) is 0.545. The van der Waals surface area contributed by atoms with E-state index < -0.39 is 0 Å². The van der Waals surface area contributed by atoms with Crippen LogP contribution in [0.4, 0.5) is 0 Å². The number of hydrogen-bond donors (Lipinski definition) is 0. The predicted molar refractivity (Wildman–Crippen MR) is 75.8 cm³/mol. The van der Waals surface area contributed by atoms with Crippen LogP contribution in [-0.4, -0.2) is 61.0 Å². The SMILES string of the molecule is CCOC(=O)CN(CC)CC(=O)N(CCC#N)CCC#N. The number of nitrogens with zero attached hydrogens (tertiary/aromatic N) is 4. The fourth-order valence-electron chi connectivity index (χ4n) is 1.69. The molecule has 0 aromatic carbocycles. The third-order valence-corrected chi connectivity index (χ3v) is 2.80. The van der Waals surface area contributed by atoms with Gasteiger partial charge in [0.25, 0.3) is 0 Å². The number of ether oxygens (including phenoxy) is 1. The van der Waals surface area contributed by atoms with Gasteiger partial charge in [0.15, 0.2) is 0 Å². The second-order valence-corrected chi connectivity index (χ2v) is 4.31. The molecule has 0 radical (unpaired) electrons. The van der Waals surface area contributed by atoms with Crippen molar-refractivity contribution in [3.05, 3.63) is 0 Å². The molecule has 0 saturated heterocycles. The lowest BCUT2D eigenvalue weighted by atomic mass is 10.3. The smallest absolute Gasteiger partial charge is 0.320 e. The summed E-state index contributed by atoms with van der Waals surface area (Å²) < 4.78 is 4.85. The number of carbonyl (C=O) groups is 2. The molecule has 0 atom stereocenters. The van der Waals surface area contributed by atoms with E-state index >= 15 is 0 Å². The maximum Gasteiger partial charge on any atom is 0.320 e. The largest absolute Gasteiger partial charge is 0.465 e. The summed E-state index contributed by atoms with van der Waals surface area (Å²) in [6.07, 6.45) is 0.447. The van der Waals surface area contributed by atoms with E-state index in [2.05, 4.69) is 0 Å². The third kappa shape index (κ3) is 8.61. The van der Waals surface area contributed by atoms with Crippen molar-refractivity contribution in [2.24, 2.45) is 0 Å². The van der Waals surface area contributed by atoms with Crippen molar-refractivity contribution in [1.29, 1.82) is 10.5 Å². The van der Waals surface area contributed by atoms with E-state index in [4.69, 9.17) is 15.3 Å². The van der Waals surface area contributed by atoms with Crippen LogP contribution >= 0.6 is 0 Å². The van der Waals surface area contributed by atoms with Gasteiger partial charge in [-0.1, -0.05) is 6.92 Å². The van der Waals surface area contributed by atoms with Crippen LogP contribution in [0.5, 0.6) is 0 Å². The molecule has 0 aromatic rings. The Kier molecular flexibility index (Phi) is 10.5. The van der Waals surface area contributed by atoms with Crippen LogP contribution in [-0.2, 0) is 14.3 Å². The molecule has 0 saturated carbocycles. The molecule has 0 aliphatic rings. The number of likely N-dealkylation sites (N-methyl/N-ethyl adjacent to an activating group) is 1. The first-order valence-corrected chi connectivity index (χ1v) is 6.98. The van der Waals surface area contributed by atoms with Crippen molar-refractivity contribution in [3.63, 3.8) is 0 Å². The van der Waals surface area contributed by atoms with E-state index in [0.717, 1.165) is 0 Å². The van der Waals surface area contributed by atoms with Crippen LogP contribution in [0.15, 0.2) is 0 Å². The van der Waals surface area contributed by atoms with E-state index in [1.54, 1.807) is 11.8 Å². The zero-order chi connectivity index (χ0) is 16.1. The van der Waals surface area contributed by atoms with Crippen molar-refractivity contribution in [2.45, 2.75) is 26.7 Å². The first-order chi connectivity index (χ1) is 10.1. The molecule has 0 rings (SSSR count). The molecule has 1 amide bonds. The number of hydrogen-bond acceptors (Lipinski definition) is 6. The van der Waals surface area contributed by atoms with Crippen LogP contribution < -0.4 is 0 Å². The van der Waals surface area contributed by atoms with Crippen LogP contribution in [0.2, 0.25) is 0 Å². The highest BCUT2D eigenvalue weighted by Crippen LogP contribution is 1.99. The van der Waals surface area contributed by atoms with Gasteiger partial charge in [0.05, 0.1) is 44.7 Å². The second-order valence-electron chi connectivity index (χ2n) is 4.31. The molecule has 116 valence electrons. The minimum atomic E-state index is -0.368. The Bertz CT molecular complexity index is 393. The lowest BCUT2D eigenvalue weighted by Crippen LogP contribution is -2.43. The van der Waals surface area contributed by atoms with E-state index in [1.165, 1.54) is 4.90 Å². The fourth-order valence-corrected chi connectivity index (χ4v) is 1.69. The van der Waals surface area contributed by atoms with Crippen LogP contribution in [0.1, 0.15) is 26.7 Å². The van der Waals surface area contributed by atoms with Crippen LogP contribution in [0.3, 0.4) is 0 Å². The van der Waals surface area contributed by atoms with Gasteiger partial charge < -0.3 is 9.64 Å². The van der Waals surface area contributed by atoms with E-state index in [-0.39, 0.29) is 37.8 Å². The van der Waals surface area contributed by atoms with Crippen molar-refractivity contribution in [2.75, 3.05) is 39.3 Å².